The number of rotatable bonds is 6. The van der Waals surface area contributed by atoms with Crippen LogP contribution >= 0.6 is 0 Å². The van der Waals surface area contributed by atoms with Crippen molar-refractivity contribution in [3.63, 3.8) is 0 Å². The highest BCUT2D eigenvalue weighted by Gasteiger charge is 2.22. The third kappa shape index (κ3) is 5.44. The summed E-state index contributed by atoms with van der Waals surface area (Å²) < 4.78 is 4.83. The second-order valence-electron chi connectivity index (χ2n) is 15.2. The lowest BCUT2D eigenvalue weighted by molar-refractivity contribution is 1.07. The Balaban J connectivity index is 1.13. The van der Waals surface area contributed by atoms with Gasteiger partial charge in [0.15, 0.2) is 17.5 Å². The molecule has 5 nitrogen and oxygen atoms in total. The zero-order valence-electron chi connectivity index (χ0n) is 32.4. The van der Waals surface area contributed by atoms with Gasteiger partial charge < -0.3 is 9.13 Å². The Hall–Kier alpha value is -8.15. The number of hydrogen-bond acceptors (Lipinski definition) is 3. The van der Waals surface area contributed by atoms with Gasteiger partial charge in [-0.1, -0.05) is 158 Å². The molecule has 0 saturated carbocycles. The van der Waals surface area contributed by atoms with Gasteiger partial charge in [0, 0.05) is 49.3 Å². The number of para-hydroxylation sites is 3. The van der Waals surface area contributed by atoms with Crippen molar-refractivity contribution in [1.82, 2.24) is 24.1 Å². The largest absolute Gasteiger partial charge is 0.309 e. The molecule has 0 N–H and O–H groups in total. The van der Waals surface area contributed by atoms with Crippen LogP contribution in [0.3, 0.4) is 0 Å². The van der Waals surface area contributed by atoms with E-state index in [0.717, 1.165) is 61.0 Å². The molecule has 3 aromatic heterocycles. The van der Waals surface area contributed by atoms with E-state index in [0.29, 0.717) is 17.5 Å². The molecule has 0 aliphatic carbocycles. The van der Waals surface area contributed by atoms with Gasteiger partial charge >= 0.3 is 0 Å². The molecule has 280 valence electrons. The fourth-order valence-corrected chi connectivity index (χ4v) is 9.06. The fraction of sp³-hybridized carbons (Fsp3) is 0. The van der Waals surface area contributed by atoms with Crippen molar-refractivity contribution < 1.29 is 0 Å². The van der Waals surface area contributed by atoms with Gasteiger partial charge in [0.2, 0.25) is 0 Å². The van der Waals surface area contributed by atoms with Gasteiger partial charge in [-0.2, -0.15) is 0 Å². The highest BCUT2D eigenvalue weighted by atomic mass is 15.0. The minimum Gasteiger partial charge on any atom is -0.309 e. The zero-order chi connectivity index (χ0) is 39.6. The predicted octanol–water partition coefficient (Wildman–Crippen LogP) is 13.9. The van der Waals surface area contributed by atoms with Crippen LogP contribution in [0.2, 0.25) is 0 Å². The first-order chi connectivity index (χ1) is 29.8. The first-order valence-electron chi connectivity index (χ1n) is 20.3. The van der Waals surface area contributed by atoms with Crippen LogP contribution in [0.1, 0.15) is 0 Å². The van der Waals surface area contributed by atoms with E-state index in [2.05, 4.69) is 197 Å². The summed E-state index contributed by atoms with van der Waals surface area (Å²) in [5.74, 6) is 1.87. The van der Waals surface area contributed by atoms with Gasteiger partial charge in [0.05, 0.1) is 27.8 Å². The van der Waals surface area contributed by atoms with Gasteiger partial charge in [-0.25, -0.2) is 15.0 Å². The Bertz CT molecular complexity index is 3590. The Morgan fingerprint density at radius 1 is 0.283 bits per heavy atom. The van der Waals surface area contributed by atoms with Crippen LogP contribution in [0, 0.1) is 0 Å². The summed E-state index contributed by atoms with van der Waals surface area (Å²) in [5.41, 5.74) is 11.9. The van der Waals surface area contributed by atoms with E-state index in [1.54, 1.807) is 0 Å². The average molecular weight is 766 g/mol. The first kappa shape index (κ1) is 33.9. The van der Waals surface area contributed by atoms with Crippen molar-refractivity contribution in [2.24, 2.45) is 0 Å². The summed E-state index contributed by atoms with van der Waals surface area (Å²) in [6, 6.07) is 75.0. The molecule has 0 radical (unpaired) electrons. The molecule has 0 atom stereocenters. The zero-order valence-corrected chi connectivity index (χ0v) is 32.4. The minimum atomic E-state index is 0.616. The topological polar surface area (TPSA) is 48.5 Å². The molecule has 9 aromatic carbocycles. The highest BCUT2D eigenvalue weighted by Crippen LogP contribution is 2.44. The molecule has 5 heteroatoms. The second-order valence-corrected chi connectivity index (χ2v) is 15.2. The second kappa shape index (κ2) is 13.8. The lowest BCUT2D eigenvalue weighted by Gasteiger charge is -2.15. The number of nitrogens with zero attached hydrogens (tertiary/aromatic N) is 5. The van der Waals surface area contributed by atoms with E-state index in [4.69, 9.17) is 15.0 Å². The van der Waals surface area contributed by atoms with Crippen LogP contribution in [-0.2, 0) is 0 Å². The first-order valence-corrected chi connectivity index (χ1v) is 20.3. The van der Waals surface area contributed by atoms with Gasteiger partial charge in [0.25, 0.3) is 0 Å². The molecule has 0 spiro atoms. The summed E-state index contributed by atoms with van der Waals surface area (Å²) in [6.45, 7) is 0. The van der Waals surface area contributed by atoms with Crippen molar-refractivity contribution in [3.05, 3.63) is 212 Å². The Labute approximate surface area is 346 Å². The SMILES string of the molecule is c1ccc(-c2cccc(-c3nc(-c4ccccc4)nc(-c4cc(-n5c6ccccc6c6c7c8ccccc8n(-c8ccccc8)c7ccc65)c5ccccc5c4)n3)c2)cc1. The van der Waals surface area contributed by atoms with E-state index in [-0.39, 0.29) is 0 Å². The predicted molar refractivity (Wildman–Crippen MR) is 248 cm³/mol. The maximum atomic E-state index is 5.26. The number of fused-ring (bicyclic) bond motifs is 8. The molecule has 3 heterocycles. The smallest absolute Gasteiger partial charge is 0.164 e. The van der Waals surface area contributed by atoms with E-state index in [9.17, 15) is 0 Å². The van der Waals surface area contributed by atoms with E-state index in [1.807, 2.05) is 24.3 Å². The molecule has 0 fully saturated rings. The standard InChI is InChI=1S/C55H35N5/c1-4-17-36(18-5-1)38-22-16-23-40(33-38)54-56-53(37-19-6-2-7-20-37)57-55(58-54)41-34-39-21-10-11-26-43(39)50(35-41)60-47-30-15-13-28-45(47)52-49(60)32-31-48-51(52)44-27-12-14-29-46(44)59(48)42-24-8-3-9-25-42/h1-35H. The third-order valence-electron chi connectivity index (χ3n) is 11.7. The minimum absolute atomic E-state index is 0.616. The summed E-state index contributed by atoms with van der Waals surface area (Å²) in [6.07, 6.45) is 0. The third-order valence-corrected chi connectivity index (χ3v) is 11.7. The van der Waals surface area contributed by atoms with Crippen LogP contribution in [0.5, 0.6) is 0 Å². The molecule has 0 amide bonds. The van der Waals surface area contributed by atoms with Gasteiger partial charge in [-0.3, -0.25) is 0 Å². The molecule has 0 bridgehead atoms. The van der Waals surface area contributed by atoms with Crippen molar-refractivity contribution in [1.29, 1.82) is 0 Å². The molecule has 0 aliphatic heterocycles. The van der Waals surface area contributed by atoms with Crippen molar-refractivity contribution in [2.75, 3.05) is 0 Å². The van der Waals surface area contributed by atoms with Gasteiger partial charge in [-0.05, 0) is 71.1 Å². The van der Waals surface area contributed by atoms with Crippen molar-refractivity contribution in [3.8, 4) is 56.7 Å². The molecule has 12 rings (SSSR count). The Morgan fingerprint density at radius 2 is 0.767 bits per heavy atom. The lowest BCUT2D eigenvalue weighted by Crippen LogP contribution is -2.02. The van der Waals surface area contributed by atoms with Crippen LogP contribution in [0.25, 0.3) is 111 Å². The summed E-state index contributed by atoms with van der Waals surface area (Å²) >= 11 is 0. The monoisotopic (exact) mass is 765 g/mol. The molecule has 0 saturated heterocycles. The van der Waals surface area contributed by atoms with E-state index >= 15 is 0 Å². The summed E-state index contributed by atoms with van der Waals surface area (Å²) in [4.78, 5) is 15.6. The number of hydrogen-bond donors (Lipinski definition) is 0. The molecule has 12 aromatic rings. The van der Waals surface area contributed by atoms with E-state index in [1.165, 1.54) is 32.6 Å². The molecular weight excluding hydrogens is 731 g/mol. The lowest BCUT2D eigenvalue weighted by atomic mass is 10.0. The fourth-order valence-electron chi connectivity index (χ4n) is 9.06. The summed E-state index contributed by atoms with van der Waals surface area (Å²) in [7, 11) is 0. The van der Waals surface area contributed by atoms with E-state index < -0.39 is 0 Å². The van der Waals surface area contributed by atoms with Crippen molar-refractivity contribution in [2.45, 2.75) is 0 Å². The molecule has 60 heavy (non-hydrogen) atoms. The highest BCUT2D eigenvalue weighted by molar-refractivity contribution is 6.29. The summed E-state index contributed by atoms with van der Waals surface area (Å²) in [5, 5.41) is 7.16. The van der Waals surface area contributed by atoms with Crippen LogP contribution in [0.4, 0.5) is 0 Å². The van der Waals surface area contributed by atoms with Crippen LogP contribution in [-0.4, -0.2) is 24.1 Å². The molecular formula is C55H35N5. The number of aromatic nitrogens is 5. The Morgan fingerprint density at radius 3 is 1.45 bits per heavy atom. The van der Waals surface area contributed by atoms with Crippen LogP contribution < -0.4 is 0 Å². The van der Waals surface area contributed by atoms with Gasteiger partial charge in [0.1, 0.15) is 0 Å². The molecule has 0 unspecified atom stereocenters. The molecule has 0 aliphatic rings. The van der Waals surface area contributed by atoms with Gasteiger partial charge in [-0.15, -0.1) is 0 Å². The number of benzene rings is 9. The Kier molecular flexibility index (Phi) is 7.78. The van der Waals surface area contributed by atoms with Crippen LogP contribution in [0.15, 0.2) is 212 Å². The average Bonchev–Trinajstić information content (AvgIpc) is 3.85. The quantitative estimate of drug-likeness (QED) is 0.169. The maximum absolute atomic E-state index is 5.26. The normalized spacial score (nSPS) is 11.7. The van der Waals surface area contributed by atoms with Crippen molar-refractivity contribution >= 4 is 54.4 Å². The maximum Gasteiger partial charge on any atom is 0.164 e.